The molecule has 1 N–H and O–H groups in total. The van der Waals surface area contributed by atoms with Gasteiger partial charge in [0.2, 0.25) is 15.9 Å². The first-order chi connectivity index (χ1) is 13.4. The lowest BCUT2D eigenvalue weighted by molar-refractivity contribution is -0.115. The van der Waals surface area contributed by atoms with Gasteiger partial charge in [-0.1, -0.05) is 41.4 Å². The van der Waals surface area contributed by atoms with Crippen LogP contribution in [0.15, 0.2) is 57.9 Å². The average molecular weight is 465 g/mol. The molecule has 0 radical (unpaired) electrons. The lowest BCUT2D eigenvalue weighted by atomic mass is 10.0. The van der Waals surface area contributed by atoms with Crippen molar-refractivity contribution in [3.63, 3.8) is 0 Å². The first kappa shape index (κ1) is 21.0. The molecule has 0 spiro atoms. The Morgan fingerprint density at radius 1 is 1.11 bits per heavy atom. The van der Waals surface area contributed by atoms with Gasteiger partial charge in [-0.05, 0) is 61.2 Å². The minimum absolute atomic E-state index is 0.0732. The second-order valence-electron chi connectivity index (χ2n) is 7.05. The predicted octanol–water partition coefficient (Wildman–Crippen LogP) is 4.58. The molecule has 1 fully saturated rings. The van der Waals surface area contributed by atoms with Gasteiger partial charge in [-0.2, -0.15) is 4.31 Å². The molecule has 1 unspecified atom stereocenters. The number of carbonyl (C=O) groups is 1. The lowest BCUT2D eigenvalue weighted by Gasteiger charge is -2.34. The quantitative estimate of drug-likeness (QED) is 0.679. The van der Waals surface area contributed by atoms with E-state index >= 15 is 0 Å². The van der Waals surface area contributed by atoms with Gasteiger partial charge in [-0.25, -0.2) is 8.42 Å². The summed E-state index contributed by atoms with van der Waals surface area (Å²) in [4.78, 5) is 12.5. The molecule has 2 aromatic carbocycles. The zero-order valence-electron chi connectivity index (χ0n) is 15.9. The number of carbonyl (C=O) groups excluding carboxylic acids is 1. The molecule has 3 rings (SSSR count). The number of nitrogens with one attached hydrogen (secondary N) is 1. The first-order valence-corrected chi connectivity index (χ1v) is 11.8. The van der Waals surface area contributed by atoms with Crippen LogP contribution in [0.3, 0.4) is 0 Å². The van der Waals surface area contributed by atoms with Crippen molar-refractivity contribution < 1.29 is 13.2 Å². The Balaban J connectivity index is 1.67. The van der Waals surface area contributed by atoms with E-state index < -0.39 is 10.0 Å². The van der Waals surface area contributed by atoms with E-state index in [-0.39, 0.29) is 23.3 Å². The summed E-state index contributed by atoms with van der Waals surface area (Å²) < 4.78 is 28.6. The van der Waals surface area contributed by atoms with E-state index in [1.54, 1.807) is 28.6 Å². The van der Waals surface area contributed by atoms with Gasteiger partial charge < -0.3 is 5.32 Å². The van der Waals surface area contributed by atoms with Crippen molar-refractivity contribution in [3.8, 4) is 0 Å². The molecule has 1 aliphatic heterocycles. The molecule has 1 amide bonds. The topological polar surface area (TPSA) is 66.5 Å². The number of amides is 1. The zero-order valence-corrected chi connectivity index (χ0v) is 18.3. The van der Waals surface area contributed by atoms with Gasteiger partial charge in [0.25, 0.3) is 0 Å². The number of benzene rings is 2. The van der Waals surface area contributed by atoms with Crippen LogP contribution in [0.5, 0.6) is 0 Å². The summed E-state index contributed by atoms with van der Waals surface area (Å²) in [6.45, 7) is 2.61. The number of hydrogen-bond acceptors (Lipinski definition) is 3. The second kappa shape index (κ2) is 9.20. The van der Waals surface area contributed by atoms with Gasteiger partial charge in [-0.15, -0.1) is 0 Å². The highest BCUT2D eigenvalue weighted by Gasteiger charge is 2.32. The minimum Gasteiger partial charge on any atom is -0.326 e. The van der Waals surface area contributed by atoms with Crippen molar-refractivity contribution in [2.45, 2.75) is 50.0 Å². The number of piperidine rings is 1. The van der Waals surface area contributed by atoms with E-state index in [9.17, 15) is 13.2 Å². The molecule has 0 bridgehead atoms. The van der Waals surface area contributed by atoms with Crippen LogP contribution in [-0.4, -0.2) is 31.2 Å². The van der Waals surface area contributed by atoms with Gasteiger partial charge in [0.1, 0.15) is 0 Å². The monoisotopic (exact) mass is 464 g/mol. The SMILES string of the molecule is CCC1CCCCN1S(=O)(=O)c1ccc(NC(=O)Cc2ccc(Br)cc2)cc1. The Labute approximate surface area is 175 Å². The van der Waals surface area contributed by atoms with E-state index in [1.165, 1.54) is 0 Å². The third kappa shape index (κ3) is 5.01. The van der Waals surface area contributed by atoms with Crippen LogP contribution in [0.2, 0.25) is 0 Å². The Morgan fingerprint density at radius 2 is 1.79 bits per heavy atom. The normalized spacial score (nSPS) is 18.0. The van der Waals surface area contributed by atoms with Gasteiger partial charge in [0.05, 0.1) is 11.3 Å². The molecule has 1 heterocycles. The molecule has 1 atom stereocenters. The molecule has 0 saturated carbocycles. The first-order valence-electron chi connectivity index (χ1n) is 9.56. The standard InChI is InChI=1S/C21H25BrN2O3S/c1-2-19-5-3-4-14-24(19)28(26,27)20-12-10-18(11-13-20)23-21(25)15-16-6-8-17(22)9-7-16/h6-13,19H,2-5,14-15H2,1H3,(H,23,25). The van der Waals surface area contributed by atoms with Gasteiger partial charge >= 0.3 is 0 Å². The van der Waals surface area contributed by atoms with Crippen molar-refractivity contribution >= 4 is 37.5 Å². The molecular formula is C21H25BrN2O3S. The smallest absolute Gasteiger partial charge is 0.243 e. The molecule has 150 valence electrons. The Morgan fingerprint density at radius 3 is 2.43 bits per heavy atom. The maximum atomic E-state index is 13.0. The molecule has 7 heteroatoms. The third-order valence-electron chi connectivity index (χ3n) is 5.07. The van der Waals surface area contributed by atoms with E-state index in [1.807, 2.05) is 31.2 Å². The van der Waals surface area contributed by atoms with Crippen molar-refractivity contribution in [2.75, 3.05) is 11.9 Å². The number of rotatable bonds is 6. The zero-order chi connectivity index (χ0) is 20.1. The molecule has 1 saturated heterocycles. The molecular weight excluding hydrogens is 440 g/mol. The van der Waals surface area contributed by atoms with Crippen molar-refractivity contribution in [1.82, 2.24) is 4.31 Å². The summed E-state index contributed by atoms with van der Waals surface area (Å²) in [5.41, 5.74) is 1.50. The van der Waals surface area contributed by atoms with Gasteiger partial charge in [0.15, 0.2) is 0 Å². The fraction of sp³-hybridized carbons (Fsp3) is 0.381. The fourth-order valence-corrected chi connectivity index (χ4v) is 5.57. The van der Waals surface area contributed by atoms with E-state index in [4.69, 9.17) is 0 Å². The summed E-state index contributed by atoms with van der Waals surface area (Å²) in [5.74, 6) is -0.139. The van der Waals surface area contributed by atoms with Gasteiger partial charge in [-0.3, -0.25) is 4.79 Å². The summed E-state index contributed by atoms with van der Waals surface area (Å²) >= 11 is 3.37. The fourth-order valence-electron chi connectivity index (χ4n) is 3.54. The minimum atomic E-state index is -3.50. The number of sulfonamides is 1. The molecule has 5 nitrogen and oxygen atoms in total. The predicted molar refractivity (Wildman–Crippen MR) is 115 cm³/mol. The number of hydrogen-bond donors (Lipinski definition) is 1. The number of halogens is 1. The number of nitrogens with zero attached hydrogens (tertiary/aromatic N) is 1. The van der Waals surface area contributed by atoms with Crippen LogP contribution >= 0.6 is 15.9 Å². The summed E-state index contributed by atoms with van der Waals surface area (Å²) in [7, 11) is -3.50. The summed E-state index contributed by atoms with van der Waals surface area (Å²) in [5, 5.41) is 2.82. The second-order valence-corrected chi connectivity index (χ2v) is 9.86. The lowest BCUT2D eigenvalue weighted by Crippen LogP contribution is -2.43. The number of anilines is 1. The molecule has 2 aromatic rings. The summed E-state index contributed by atoms with van der Waals surface area (Å²) in [6.07, 6.45) is 3.98. The average Bonchev–Trinajstić information content (AvgIpc) is 2.70. The van der Waals surface area contributed by atoms with Crippen LogP contribution in [0, 0.1) is 0 Å². The Bertz CT molecular complexity index is 912. The van der Waals surface area contributed by atoms with Crippen LogP contribution in [-0.2, 0) is 21.2 Å². The third-order valence-corrected chi connectivity index (χ3v) is 7.56. The molecule has 28 heavy (non-hydrogen) atoms. The largest absolute Gasteiger partial charge is 0.326 e. The molecule has 1 aliphatic rings. The van der Waals surface area contributed by atoms with Crippen LogP contribution < -0.4 is 5.32 Å². The van der Waals surface area contributed by atoms with E-state index in [0.717, 1.165) is 35.7 Å². The van der Waals surface area contributed by atoms with Crippen LogP contribution in [0.25, 0.3) is 0 Å². The summed E-state index contributed by atoms with van der Waals surface area (Å²) in [6, 6.07) is 14.1. The highest BCUT2D eigenvalue weighted by molar-refractivity contribution is 9.10. The molecule has 0 aliphatic carbocycles. The van der Waals surface area contributed by atoms with Crippen LogP contribution in [0.4, 0.5) is 5.69 Å². The van der Waals surface area contributed by atoms with Crippen molar-refractivity contribution in [1.29, 1.82) is 0 Å². The Hall–Kier alpha value is -1.70. The maximum Gasteiger partial charge on any atom is 0.243 e. The van der Waals surface area contributed by atoms with Gasteiger partial charge in [0, 0.05) is 22.7 Å². The Kier molecular flexibility index (Phi) is 6.91. The van der Waals surface area contributed by atoms with Crippen molar-refractivity contribution in [2.24, 2.45) is 0 Å². The van der Waals surface area contributed by atoms with Crippen LogP contribution in [0.1, 0.15) is 38.2 Å². The van der Waals surface area contributed by atoms with E-state index in [2.05, 4.69) is 21.2 Å². The van der Waals surface area contributed by atoms with Crippen molar-refractivity contribution in [3.05, 3.63) is 58.6 Å². The molecule has 0 aromatic heterocycles. The highest BCUT2D eigenvalue weighted by atomic mass is 79.9. The van der Waals surface area contributed by atoms with E-state index in [0.29, 0.717) is 12.2 Å². The highest BCUT2D eigenvalue weighted by Crippen LogP contribution is 2.27. The maximum absolute atomic E-state index is 13.0.